The number of hydrogen-bond acceptors (Lipinski definition) is 3. The summed E-state index contributed by atoms with van der Waals surface area (Å²) in [5.74, 6) is -0.245. The highest BCUT2D eigenvalue weighted by molar-refractivity contribution is 6.09. The van der Waals surface area contributed by atoms with Crippen LogP contribution in [0.2, 0.25) is 0 Å². The van der Waals surface area contributed by atoms with Crippen molar-refractivity contribution in [3.63, 3.8) is 0 Å². The lowest BCUT2D eigenvalue weighted by atomic mass is 10.1. The fourth-order valence-electron chi connectivity index (χ4n) is 2.38. The molecule has 1 aromatic heterocycles. The Labute approximate surface area is 132 Å². The van der Waals surface area contributed by atoms with Gasteiger partial charge in [0.15, 0.2) is 0 Å². The SMILES string of the molecule is Cc1cc(F)ccc1NC(=O)c1c(-c2ccccc2)noc1C. The van der Waals surface area contributed by atoms with Crippen LogP contribution in [0.5, 0.6) is 0 Å². The van der Waals surface area contributed by atoms with Crippen molar-refractivity contribution in [1.29, 1.82) is 0 Å². The van der Waals surface area contributed by atoms with E-state index in [1.165, 1.54) is 18.2 Å². The number of anilines is 1. The van der Waals surface area contributed by atoms with E-state index in [9.17, 15) is 9.18 Å². The van der Waals surface area contributed by atoms with Gasteiger partial charge < -0.3 is 9.84 Å². The quantitative estimate of drug-likeness (QED) is 0.782. The molecule has 1 N–H and O–H groups in total. The minimum atomic E-state index is -0.341. The number of carbonyl (C=O) groups is 1. The summed E-state index contributed by atoms with van der Waals surface area (Å²) in [6.07, 6.45) is 0. The molecule has 0 bridgehead atoms. The second-order valence-electron chi connectivity index (χ2n) is 5.24. The van der Waals surface area contributed by atoms with Gasteiger partial charge in [0.2, 0.25) is 0 Å². The molecule has 0 atom stereocenters. The molecule has 0 radical (unpaired) electrons. The van der Waals surface area contributed by atoms with Crippen molar-refractivity contribution in [2.75, 3.05) is 5.32 Å². The van der Waals surface area contributed by atoms with Crippen LogP contribution in [-0.2, 0) is 0 Å². The van der Waals surface area contributed by atoms with Crippen LogP contribution in [0.25, 0.3) is 11.3 Å². The summed E-state index contributed by atoms with van der Waals surface area (Å²) in [6, 6.07) is 13.5. The van der Waals surface area contributed by atoms with Gasteiger partial charge in [0.1, 0.15) is 22.8 Å². The zero-order valence-corrected chi connectivity index (χ0v) is 12.8. The van der Waals surface area contributed by atoms with E-state index in [1.807, 2.05) is 30.3 Å². The second kappa shape index (κ2) is 6.04. The van der Waals surface area contributed by atoms with E-state index in [4.69, 9.17) is 4.52 Å². The number of rotatable bonds is 3. The largest absolute Gasteiger partial charge is 0.360 e. The van der Waals surface area contributed by atoms with Crippen LogP contribution in [0.1, 0.15) is 21.7 Å². The average molecular weight is 310 g/mol. The molecule has 23 heavy (non-hydrogen) atoms. The maximum absolute atomic E-state index is 13.2. The summed E-state index contributed by atoms with van der Waals surface area (Å²) < 4.78 is 18.4. The molecule has 5 heteroatoms. The Morgan fingerprint density at radius 3 is 2.57 bits per heavy atom. The number of aryl methyl sites for hydroxylation is 2. The van der Waals surface area contributed by atoms with Crippen molar-refractivity contribution in [1.82, 2.24) is 5.16 Å². The zero-order chi connectivity index (χ0) is 16.4. The van der Waals surface area contributed by atoms with E-state index in [-0.39, 0.29) is 11.7 Å². The average Bonchev–Trinajstić information content (AvgIpc) is 2.93. The molecule has 4 nitrogen and oxygen atoms in total. The van der Waals surface area contributed by atoms with Gasteiger partial charge in [-0.25, -0.2) is 4.39 Å². The summed E-state index contributed by atoms with van der Waals surface area (Å²) >= 11 is 0. The van der Waals surface area contributed by atoms with E-state index >= 15 is 0 Å². The third-order valence-corrected chi connectivity index (χ3v) is 3.57. The second-order valence-corrected chi connectivity index (χ2v) is 5.24. The topological polar surface area (TPSA) is 55.1 Å². The first-order valence-electron chi connectivity index (χ1n) is 7.15. The fourth-order valence-corrected chi connectivity index (χ4v) is 2.38. The summed E-state index contributed by atoms with van der Waals surface area (Å²) in [6.45, 7) is 3.42. The van der Waals surface area contributed by atoms with Crippen molar-refractivity contribution in [2.24, 2.45) is 0 Å². The molecule has 1 amide bonds. The van der Waals surface area contributed by atoms with E-state index in [1.54, 1.807) is 13.8 Å². The van der Waals surface area contributed by atoms with Crippen molar-refractivity contribution in [3.05, 3.63) is 71.2 Å². The molecule has 116 valence electrons. The number of hydrogen-bond donors (Lipinski definition) is 1. The van der Waals surface area contributed by atoms with Crippen LogP contribution in [0.4, 0.5) is 10.1 Å². The van der Waals surface area contributed by atoms with E-state index < -0.39 is 0 Å². The van der Waals surface area contributed by atoms with Crippen LogP contribution in [0.15, 0.2) is 53.1 Å². The molecule has 3 aromatic rings. The van der Waals surface area contributed by atoms with E-state index in [2.05, 4.69) is 10.5 Å². The number of carbonyl (C=O) groups excluding carboxylic acids is 1. The molecule has 0 spiro atoms. The first-order valence-corrected chi connectivity index (χ1v) is 7.15. The normalized spacial score (nSPS) is 10.6. The van der Waals surface area contributed by atoms with Crippen LogP contribution < -0.4 is 5.32 Å². The summed E-state index contributed by atoms with van der Waals surface area (Å²) in [5, 5.41) is 6.77. The lowest BCUT2D eigenvalue weighted by Crippen LogP contribution is -2.14. The van der Waals surface area contributed by atoms with Gasteiger partial charge in [-0.05, 0) is 37.6 Å². The highest BCUT2D eigenvalue weighted by Crippen LogP contribution is 2.26. The first kappa shape index (κ1) is 15.0. The Bertz CT molecular complexity index is 857. The molecule has 0 aliphatic carbocycles. The standard InChI is InChI=1S/C18H15FN2O2/c1-11-10-14(19)8-9-15(11)20-18(22)16-12(2)23-21-17(16)13-6-4-3-5-7-13/h3-10H,1-2H3,(H,20,22). The van der Waals surface area contributed by atoms with Crippen molar-refractivity contribution in [2.45, 2.75) is 13.8 Å². The molecule has 1 heterocycles. The maximum atomic E-state index is 13.2. The Morgan fingerprint density at radius 1 is 1.13 bits per heavy atom. The minimum Gasteiger partial charge on any atom is -0.360 e. The van der Waals surface area contributed by atoms with Crippen LogP contribution >= 0.6 is 0 Å². The summed E-state index contributed by atoms with van der Waals surface area (Å²) in [5.41, 5.74) is 2.86. The van der Waals surface area contributed by atoms with Gasteiger partial charge in [0.25, 0.3) is 5.91 Å². The number of benzene rings is 2. The molecule has 0 saturated carbocycles. The molecule has 0 fully saturated rings. The van der Waals surface area contributed by atoms with Crippen LogP contribution in [0, 0.1) is 19.7 Å². The predicted octanol–water partition coefficient (Wildman–Crippen LogP) is 4.35. The molecular weight excluding hydrogens is 295 g/mol. The molecule has 0 aliphatic heterocycles. The highest BCUT2D eigenvalue weighted by Gasteiger charge is 2.22. The molecule has 2 aromatic carbocycles. The molecule has 0 aliphatic rings. The van der Waals surface area contributed by atoms with Crippen LogP contribution in [-0.4, -0.2) is 11.1 Å². The lowest BCUT2D eigenvalue weighted by Gasteiger charge is -2.08. The molecular formula is C18H15FN2O2. The number of amides is 1. The molecule has 3 rings (SSSR count). The van der Waals surface area contributed by atoms with Crippen LogP contribution in [0.3, 0.4) is 0 Å². The Hall–Kier alpha value is -2.95. The number of nitrogens with zero attached hydrogens (tertiary/aromatic N) is 1. The summed E-state index contributed by atoms with van der Waals surface area (Å²) in [7, 11) is 0. The Morgan fingerprint density at radius 2 is 1.87 bits per heavy atom. The van der Waals surface area contributed by atoms with Crippen molar-refractivity contribution >= 4 is 11.6 Å². The smallest absolute Gasteiger partial charge is 0.261 e. The van der Waals surface area contributed by atoms with Gasteiger partial charge in [-0.2, -0.15) is 0 Å². The Kier molecular flexibility index (Phi) is 3.93. The predicted molar refractivity (Wildman–Crippen MR) is 85.8 cm³/mol. The monoisotopic (exact) mass is 310 g/mol. The van der Waals surface area contributed by atoms with Gasteiger partial charge >= 0.3 is 0 Å². The van der Waals surface area contributed by atoms with Crippen molar-refractivity contribution in [3.8, 4) is 11.3 Å². The number of aromatic nitrogens is 1. The Balaban J connectivity index is 1.96. The van der Waals surface area contributed by atoms with Gasteiger partial charge in [-0.3, -0.25) is 4.79 Å². The van der Waals surface area contributed by atoms with E-state index in [0.29, 0.717) is 28.3 Å². The minimum absolute atomic E-state index is 0.336. The lowest BCUT2D eigenvalue weighted by molar-refractivity contribution is 0.102. The van der Waals surface area contributed by atoms with Crippen molar-refractivity contribution < 1.29 is 13.7 Å². The third kappa shape index (κ3) is 2.99. The number of nitrogens with one attached hydrogen (secondary N) is 1. The number of halogens is 1. The van der Waals surface area contributed by atoms with Gasteiger partial charge in [-0.15, -0.1) is 0 Å². The maximum Gasteiger partial charge on any atom is 0.261 e. The van der Waals surface area contributed by atoms with Gasteiger partial charge in [0.05, 0.1) is 0 Å². The first-order chi connectivity index (χ1) is 11.1. The highest BCUT2D eigenvalue weighted by atomic mass is 19.1. The zero-order valence-electron chi connectivity index (χ0n) is 12.8. The van der Waals surface area contributed by atoms with Gasteiger partial charge in [0, 0.05) is 11.3 Å². The fraction of sp³-hybridized carbons (Fsp3) is 0.111. The van der Waals surface area contributed by atoms with Gasteiger partial charge in [-0.1, -0.05) is 35.5 Å². The summed E-state index contributed by atoms with van der Waals surface area (Å²) in [4.78, 5) is 12.6. The third-order valence-electron chi connectivity index (χ3n) is 3.57. The van der Waals surface area contributed by atoms with E-state index in [0.717, 1.165) is 5.56 Å². The molecule has 0 unspecified atom stereocenters. The molecule has 0 saturated heterocycles.